The summed E-state index contributed by atoms with van der Waals surface area (Å²) in [6.07, 6.45) is 69.2. The van der Waals surface area contributed by atoms with Crippen molar-refractivity contribution in [1.82, 2.24) is 0 Å². The molecule has 0 fully saturated rings. The van der Waals surface area contributed by atoms with Crippen molar-refractivity contribution in [3.63, 3.8) is 0 Å². The van der Waals surface area contributed by atoms with Crippen LogP contribution >= 0.6 is 7.26 Å². The molecule has 0 radical (unpaired) electrons. The molecule has 0 rings (SSSR count). The van der Waals surface area contributed by atoms with Gasteiger partial charge in [0, 0.05) is 7.26 Å². The Morgan fingerprint density at radius 3 is 0.423 bits per heavy atom. The number of rotatable bonds is 46. The van der Waals surface area contributed by atoms with Crippen LogP contribution in [0.3, 0.4) is 0 Å². The summed E-state index contributed by atoms with van der Waals surface area (Å²) in [7, 11) is -0.770. The summed E-state index contributed by atoms with van der Waals surface area (Å²) in [6.45, 7) is 9.40. The van der Waals surface area contributed by atoms with Crippen LogP contribution in [0.4, 0.5) is 0 Å². The summed E-state index contributed by atoms with van der Waals surface area (Å²) in [5.74, 6) is 0. The number of unbranched alkanes of at least 4 members (excludes halogenated alkanes) is 38. The van der Waals surface area contributed by atoms with Crippen LogP contribution in [0.25, 0.3) is 0 Å². The van der Waals surface area contributed by atoms with Crippen LogP contribution in [0, 0.1) is 0 Å². The smallest absolute Gasteiger partial charge is 0.0594 e. The predicted molar refractivity (Wildman–Crippen MR) is 243 cm³/mol. The Labute approximate surface area is 340 Å². The molecule has 0 bridgehead atoms. The summed E-state index contributed by atoms with van der Waals surface area (Å²) in [4.78, 5) is 0. The molecule has 0 aliphatic rings. The van der Waals surface area contributed by atoms with E-state index in [2.05, 4.69) is 27.7 Å². The van der Waals surface area contributed by atoms with Crippen molar-refractivity contribution in [2.75, 3.05) is 24.6 Å². The van der Waals surface area contributed by atoms with Crippen LogP contribution in [-0.4, -0.2) is 24.6 Å². The van der Waals surface area contributed by atoms with E-state index in [4.69, 9.17) is 0 Å². The molecular formula is C50H104ClP. The third-order valence-corrected chi connectivity index (χ3v) is 17.5. The fourth-order valence-corrected chi connectivity index (χ4v) is 13.7. The van der Waals surface area contributed by atoms with E-state index in [1.807, 2.05) is 0 Å². The molecule has 0 amide bonds. The highest BCUT2D eigenvalue weighted by Crippen LogP contribution is 2.61. The Hall–Kier alpha value is 0.720. The number of hydrogen-bond acceptors (Lipinski definition) is 0. The second kappa shape index (κ2) is 47.9. The van der Waals surface area contributed by atoms with E-state index in [-0.39, 0.29) is 12.4 Å². The second-order valence-corrected chi connectivity index (χ2v) is 22.1. The molecule has 0 spiro atoms. The van der Waals surface area contributed by atoms with Gasteiger partial charge in [-0.3, -0.25) is 0 Å². The lowest BCUT2D eigenvalue weighted by Crippen LogP contribution is -3.00. The van der Waals surface area contributed by atoms with Gasteiger partial charge >= 0.3 is 0 Å². The van der Waals surface area contributed by atoms with Gasteiger partial charge in [0.2, 0.25) is 0 Å². The highest BCUT2D eigenvalue weighted by Gasteiger charge is 2.35. The molecule has 0 aliphatic carbocycles. The Morgan fingerprint density at radius 2 is 0.288 bits per heavy atom. The minimum atomic E-state index is -0.770. The summed E-state index contributed by atoms with van der Waals surface area (Å²) in [6, 6.07) is 0. The van der Waals surface area contributed by atoms with Crippen LogP contribution in [0.5, 0.6) is 0 Å². The maximum atomic E-state index is 2.38. The SMILES string of the molecule is CCCCCCCCCCCCCCCCCC[P+](CCCCCCC)(CCCCCCC)CCCCCCCCCCCCCCCCCC.[Cl-]. The van der Waals surface area contributed by atoms with Crippen molar-refractivity contribution in [3.8, 4) is 0 Å². The molecule has 0 saturated carbocycles. The zero-order valence-corrected chi connectivity index (χ0v) is 39.0. The fourth-order valence-electron chi connectivity index (χ4n) is 8.76. The second-order valence-electron chi connectivity index (χ2n) is 17.7. The van der Waals surface area contributed by atoms with Gasteiger partial charge in [0.15, 0.2) is 0 Å². The molecule has 0 nitrogen and oxygen atoms in total. The monoisotopic (exact) mass is 771 g/mol. The molecule has 0 heterocycles. The van der Waals surface area contributed by atoms with Gasteiger partial charge in [0.05, 0.1) is 24.6 Å². The molecule has 0 aliphatic heterocycles. The fraction of sp³-hybridized carbons (Fsp3) is 1.00. The van der Waals surface area contributed by atoms with Crippen LogP contribution in [-0.2, 0) is 0 Å². The van der Waals surface area contributed by atoms with Crippen molar-refractivity contribution < 1.29 is 12.4 Å². The first kappa shape index (κ1) is 54.8. The molecular weight excluding hydrogens is 667 g/mol. The van der Waals surface area contributed by atoms with Gasteiger partial charge in [-0.1, -0.05) is 246 Å². The molecule has 0 aromatic carbocycles. The van der Waals surface area contributed by atoms with Crippen molar-refractivity contribution in [2.24, 2.45) is 0 Å². The van der Waals surface area contributed by atoms with Gasteiger partial charge < -0.3 is 12.4 Å². The molecule has 0 unspecified atom stereocenters. The zero-order chi connectivity index (χ0) is 37.0. The van der Waals surface area contributed by atoms with E-state index in [0.717, 1.165) is 0 Å². The lowest BCUT2D eigenvalue weighted by atomic mass is 10.0. The molecule has 0 aromatic rings. The number of hydrogen-bond donors (Lipinski definition) is 0. The lowest BCUT2D eigenvalue weighted by Gasteiger charge is -2.28. The van der Waals surface area contributed by atoms with Gasteiger partial charge in [-0.05, 0) is 51.4 Å². The molecule has 0 N–H and O–H groups in total. The van der Waals surface area contributed by atoms with E-state index in [9.17, 15) is 0 Å². The van der Waals surface area contributed by atoms with Crippen molar-refractivity contribution in [2.45, 2.75) is 297 Å². The summed E-state index contributed by atoms with van der Waals surface area (Å²) in [5.41, 5.74) is 0. The molecule has 2 heteroatoms. The third kappa shape index (κ3) is 41.9. The topological polar surface area (TPSA) is 0 Å². The van der Waals surface area contributed by atoms with Gasteiger partial charge in [0.25, 0.3) is 0 Å². The van der Waals surface area contributed by atoms with Crippen molar-refractivity contribution in [1.29, 1.82) is 0 Å². The largest absolute Gasteiger partial charge is 1.00 e. The zero-order valence-electron chi connectivity index (χ0n) is 37.4. The summed E-state index contributed by atoms with van der Waals surface area (Å²) in [5, 5.41) is 0. The van der Waals surface area contributed by atoms with E-state index < -0.39 is 7.26 Å². The summed E-state index contributed by atoms with van der Waals surface area (Å²) >= 11 is 0. The first-order valence-corrected chi connectivity index (χ1v) is 27.6. The molecule has 0 atom stereocenters. The van der Waals surface area contributed by atoms with E-state index >= 15 is 0 Å². The highest BCUT2D eigenvalue weighted by atomic mass is 35.5. The van der Waals surface area contributed by atoms with Gasteiger partial charge in [-0.25, -0.2) is 0 Å². The highest BCUT2D eigenvalue weighted by molar-refractivity contribution is 7.75. The van der Waals surface area contributed by atoms with Crippen LogP contribution < -0.4 is 12.4 Å². The minimum Gasteiger partial charge on any atom is -1.00 e. The van der Waals surface area contributed by atoms with Crippen molar-refractivity contribution >= 4 is 7.26 Å². The van der Waals surface area contributed by atoms with E-state index in [0.29, 0.717) is 0 Å². The normalized spacial score (nSPS) is 11.8. The maximum absolute atomic E-state index is 2.38. The van der Waals surface area contributed by atoms with Crippen LogP contribution in [0.2, 0.25) is 0 Å². The number of halogens is 1. The Bertz CT molecular complexity index is 553. The summed E-state index contributed by atoms with van der Waals surface area (Å²) < 4.78 is 0. The van der Waals surface area contributed by atoms with E-state index in [1.54, 1.807) is 50.3 Å². The third-order valence-electron chi connectivity index (χ3n) is 12.4. The average Bonchev–Trinajstić information content (AvgIpc) is 3.14. The standard InChI is InChI=1S/C50H104P.ClH/c1-5-9-13-17-19-21-23-25-27-29-31-33-35-37-41-45-49-51(47-43-39-15-11-7-3,48-44-40-16-12-8-4)50-46-42-38-36-34-32-30-28-26-24-22-20-18-14-10-6-2;/h5-50H2,1-4H3;1H/q+1;/p-1. The Kier molecular flexibility index (Phi) is 50.5. The van der Waals surface area contributed by atoms with Gasteiger partial charge in [0.1, 0.15) is 0 Å². The van der Waals surface area contributed by atoms with Gasteiger partial charge in [-0.2, -0.15) is 0 Å². The molecule has 52 heavy (non-hydrogen) atoms. The van der Waals surface area contributed by atoms with Crippen LogP contribution in [0.15, 0.2) is 0 Å². The molecule has 0 aromatic heterocycles. The first-order valence-electron chi connectivity index (χ1n) is 25.1. The van der Waals surface area contributed by atoms with Crippen molar-refractivity contribution in [3.05, 3.63) is 0 Å². The average molecular weight is 772 g/mol. The van der Waals surface area contributed by atoms with Gasteiger partial charge in [-0.15, -0.1) is 0 Å². The Balaban J connectivity index is 0. The maximum Gasteiger partial charge on any atom is 0.0594 e. The molecule has 0 saturated heterocycles. The Morgan fingerprint density at radius 1 is 0.173 bits per heavy atom. The van der Waals surface area contributed by atoms with E-state index in [1.165, 1.54) is 244 Å². The van der Waals surface area contributed by atoms with Crippen LogP contribution in [0.1, 0.15) is 297 Å². The molecule has 316 valence electrons. The quantitative estimate of drug-likeness (QED) is 0.0427. The minimum absolute atomic E-state index is 0. The predicted octanol–water partition coefficient (Wildman–Crippen LogP) is 16.5. The lowest BCUT2D eigenvalue weighted by molar-refractivity contribution is -0.0000115. The first-order chi connectivity index (χ1) is 25.2.